The van der Waals surface area contributed by atoms with E-state index in [4.69, 9.17) is 0 Å². The van der Waals surface area contributed by atoms with Crippen LogP contribution in [0.25, 0.3) is 122 Å². The molecule has 0 saturated heterocycles. The van der Waals surface area contributed by atoms with E-state index in [0.717, 1.165) is 94.2 Å². The molecule has 0 aliphatic heterocycles. The van der Waals surface area contributed by atoms with Gasteiger partial charge in [-0.3, -0.25) is 0 Å². The lowest BCUT2D eigenvalue weighted by Gasteiger charge is -2.21. The molecule has 11 heteroatoms. The van der Waals surface area contributed by atoms with Crippen LogP contribution in [-0.2, 0) is 6.18 Å². The first kappa shape index (κ1) is 51.2. The highest BCUT2D eigenvalue weighted by Gasteiger charge is 2.35. The number of hydrogen-bond donors (Lipinski definition) is 0. The zero-order valence-electron chi connectivity index (χ0n) is 44.1. The Morgan fingerprint density at radius 3 is 0.952 bits per heavy atom. The molecule has 0 amide bonds. The number of aromatic nitrogens is 2. The van der Waals surface area contributed by atoms with Gasteiger partial charge in [-0.05, 0) is 189 Å². The molecule has 2 aromatic heterocycles. The molecule has 13 aromatic rings. The lowest BCUT2D eigenvalue weighted by Crippen LogP contribution is -2.08. The predicted molar refractivity (Wildman–Crippen MR) is 321 cm³/mol. The molecule has 0 aliphatic carbocycles. The Labute approximate surface area is 479 Å². The van der Waals surface area contributed by atoms with Crippen molar-refractivity contribution in [1.29, 1.82) is 31.6 Å². The van der Waals surface area contributed by atoms with Gasteiger partial charge in [-0.2, -0.15) is 44.7 Å². The molecule has 2 heterocycles. The topological polar surface area (TPSA) is 153 Å². The molecular formula is C73H37F3N8. The second-order valence-corrected chi connectivity index (χ2v) is 20.3. The molecule has 0 unspecified atom stereocenters. The third-order valence-corrected chi connectivity index (χ3v) is 15.5. The summed E-state index contributed by atoms with van der Waals surface area (Å²) in [5.41, 5.74) is 13.1. The molecule has 0 saturated carbocycles. The van der Waals surface area contributed by atoms with Crippen LogP contribution in [-0.4, -0.2) is 9.13 Å². The second kappa shape index (κ2) is 20.4. The number of halogens is 3. The molecule has 84 heavy (non-hydrogen) atoms. The van der Waals surface area contributed by atoms with Crippen LogP contribution in [0.15, 0.2) is 224 Å². The molecular weight excluding hydrogens is 1050 g/mol. The van der Waals surface area contributed by atoms with Gasteiger partial charge in [0, 0.05) is 32.7 Å². The number of nitriles is 6. The molecule has 0 aliphatic rings. The quantitative estimate of drug-likeness (QED) is 0.148. The van der Waals surface area contributed by atoms with E-state index >= 15 is 13.2 Å². The first-order chi connectivity index (χ1) is 40.9. The third kappa shape index (κ3) is 8.87. The highest BCUT2D eigenvalue weighted by molar-refractivity contribution is 6.14. The molecule has 0 spiro atoms. The predicted octanol–water partition coefficient (Wildman–Crippen LogP) is 18.1. The van der Waals surface area contributed by atoms with E-state index in [1.165, 1.54) is 12.1 Å². The van der Waals surface area contributed by atoms with Crippen LogP contribution < -0.4 is 0 Å². The van der Waals surface area contributed by atoms with Crippen molar-refractivity contribution < 1.29 is 13.2 Å². The minimum absolute atomic E-state index is 0.141. The van der Waals surface area contributed by atoms with Gasteiger partial charge in [0.25, 0.3) is 0 Å². The number of hydrogen-bond acceptors (Lipinski definition) is 6. The van der Waals surface area contributed by atoms with E-state index < -0.39 is 11.7 Å². The summed E-state index contributed by atoms with van der Waals surface area (Å²) < 4.78 is 50.0. The monoisotopic (exact) mass is 1080 g/mol. The number of rotatable bonds is 8. The molecule has 8 nitrogen and oxygen atoms in total. The Morgan fingerprint density at radius 2 is 0.583 bits per heavy atom. The van der Waals surface area contributed by atoms with Gasteiger partial charge in [0.15, 0.2) is 0 Å². The van der Waals surface area contributed by atoms with Gasteiger partial charge in [0.05, 0.1) is 109 Å². The summed E-state index contributed by atoms with van der Waals surface area (Å²) in [6.45, 7) is 0. The van der Waals surface area contributed by atoms with Crippen LogP contribution in [0.3, 0.4) is 0 Å². The Bertz CT molecular complexity index is 5000. The van der Waals surface area contributed by atoms with E-state index in [1.54, 1.807) is 48.5 Å². The highest BCUT2D eigenvalue weighted by Crippen LogP contribution is 2.47. The maximum Gasteiger partial charge on any atom is 0.417 e. The van der Waals surface area contributed by atoms with Gasteiger partial charge in [0.1, 0.15) is 0 Å². The molecule has 11 aromatic carbocycles. The SMILES string of the molecule is N#Cc1cccc(-c2ccc3c(c2)c2cc(-c4cccc(C#N)c4)ccc2n3-c2ccc(-c3ccc(C#N)cc3C(F)(F)F)cc2-c2ccc(C#N)cc2-n2c3ccc(-c4cccc(C#N)c4)cc3c3cc(-c4cccc(C#N)c4)ccc32)c1. The van der Waals surface area contributed by atoms with E-state index in [-0.39, 0.29) is 16.7 Å². The van der Waals surface area contributed by atoms with Crippen molar-refractivity contribution in [3.8, 4) is 115 Å². The van der Waals surface area contributed by atoms with Crippen molar-refractivity contribution in [3.05, 3.63) is 263 Å². The van der Waals surface area contributed by atoms with Crippen molar-refractivity contribution >= 4 is 43.6 Å². The standard InChI is InChI=1S/C73H37F3N8/c74-73(75,76)66-31-48(42-81)13-20-59(66)58-19-26-67(83-68-22-15-54(50-9-1-5-44(27-50)38-77)33-62(68)63-34-55(16-23-69(63)83)51-10-2-6-45(28-51)39-78)61(37-58)60-21-14-49(43-82)32-72(60)84-70-24-17-56(52-11-3-7-46(29-52)40-79)35-64(70)65-36-57(18-25-71(65)84)53-12-4-8-47(30-53)41-80/h1-37H. The average Bonchev–Trinajstić information content (AvgIpc) is 1.87. The van der Waals surface area contributed by atoms with Crippen molar-refractivity contribution in [2.75, 3.05) is 0 Å². The first-order valence-electron chi connectivity index (χ1n) is 26.5. The fourth-order valence-corrected chi connectivity index (χ4v) is 11.6. The highest BCUT2D eigenvalue weighted by atomic mass is 19.4. The normalized spacial score (nSPS) is 11.2. The van der Waals surface area contributed by atoms with Crippen LogP contribution in [0.1, 0.15) is 38.9 Å². The lowest BCUT2D eigenvalue weighted by molar-refractivity contribution is -0.137. The van der Waals surface area contributed by atoms with Crippen molar-refractivity contribution in [1.82, 2.24) is 9.13 Å². The fraction of sp³-hybridized carbons (Fsp3) is 0.0137. The summed E-state index contributed by atoms with van der Waals surface area (Å²) in [5, 5.41) is 63.4. The zero-order chi connectivity index (χ0) is 57.8. The lowest BCUT2D eigenvalue weighted by atomic mass is 9.92. The molecule has 0 bridgehead atoms. The zero-order valence-corrected chi connectivity index (χ0v) is 44.1. The van der Waals surface area contributed by atoms with Gasteiger partial charge in [-0.1, -0.05) is 91.0 Å². The van der Waals surface area contributed by atoms with Gasteiger partial charge < -0.3 is 9.13 Å². The van der Waals surface area contributed by atoms with Crippen LogP contribution in [0, 0.1) is 68.0 Å². The minimum Gasteiger partial charge on any atom is -0.309 e. The van der Waals surface area contributed by atoms with Crippen LogP contribution >= 0.6 is 0 Å². The maximum absolute atomic E-state index is 15.3. The van der Waals surface area contributed by atoms with Crippen LogP contribution in [0.2, 0.25) is 0 Å². The molecule has 0 N–H and O–H groups in total. The minimum atomic E-state index is -4.84. The largest absolute Gasteiger partial charge is 0.417 e. The molecule has 0 fully saturated rings. The van der Waals surface area contributed by atoms with Crippen LogP contribution in [0.4, 0.5) is 13.2 Å². The average molecular weight is 1080 g/mol. The van der Waals surface area contributed by atoms with Gasteiger partial charge in [0.2, 0.25) is 0 Å². The number of nitrogens with zero attached hydrogens (tertiary/aromatic N) is 8. The van der Waals surface area contributed by atoms with Gasteiger partial charge in [-0.15, -0.1) is 0 Å². The van der Waals surface area contributed by atoms with Crippen LogP contribution in [0.5, 0.6) is 0 Å². The summed E-state index contributed by atoms with van der Waals surface area (Å²) >= 11 is 0. The molecule has 13 rings (SSSR count). The number of benzene rings is 11. The number of alkyl halides is 3. The first-order valence-corrected chi connectivity index (χ1v) is 26.5. The van der Waals surface area contributed by atoms with Crippen molar-refractivity contribution in [2.24, 2.45) is 0 Å². The summed E-state index contributed by atoms with van der Waals surface area (Å²) in [5.74, 6) is 0. The van der Waals surface area contributed by atoms with E-state index in [1.807, 2.05) is 140 Å². The summed E-state index contributed by atoms with van der Waals surface area (Å²) in [7, 11) is 0. The van der Waals surface area contributed by atoms with Crippen molar-refractivity contribution in [3.63, 3.8) is 0 Å². The van der Waals surface area contributed by atoms with Gasteiger partial charge in [-0.25, -0.2) is 0 Å². The van der Waals surface area contributed by atoms with E-state index in [0.29, 0.717) is 50.3 Å². The summed E-state index contributed by atoms with van der Waals surface area (Å²) in [4.78, 5) is 0. The van der Waals surface area contributed by atoms with E-state index in [9.17, 15) is 31.6 Å². The number of fused-ring (bicyclic) bond motifs is 6. The third-order valence-electron chi connectivity index (χ3n) is 15.5. The second-order valence-electron chi connectivity index (χ2n) is 20.3. The Kier molecular flexibility index (Phi) is 12.5. The summed E-state index contributed by atoms with van der Waals surface area (Å²) in [6, 6.07) is 80.8. The Hall–Kier alpha value is -12.3. The molecule has 0 atom stereocenters. The Morgan fingerprint density at radius 1 is 0.262 bits per heavy atom. The molecule has 0 radical (unpaired) electrons. The van der Waals surface area contributed by atoms with Gasteiger partial charge >= 0.3 is 6.18 Å². The fourth-order valence-electron chi connectivity index (χ4n) is 11.6. The molecule has 390 valence electrons. The van der Waals surface area contributed by atoms with Crippen molar-refractivity contribution in [2.45, 2.75) is 6.18 Å². The van der Waals surface area contributed by atoms with E-state index in [2.05, 4.69) is 63.7 Å². The maximum atomic E-state index is 15.3. The smallest absolute Gasteiger partial charge is 0.309 e. The summed E-state index contributed by atoms with van der Waals surface area (Å²) in [6.07, 6.45) is -4.84. The Balaban J connectivity index is 1.13.